The summed E-state index contributed by atoms with van der Waals surface area (Å²) in [5.41, 5.74) is 5.27. The maximum atomic E-state index is 12.5. The maximum Gasteiger partial charge on any atom is 0.256 e. The van der Waals surface area contributed by atoms with Crippen molar-refractivity contribution in [1.29, 1.82) is 0 Å². The van der Waals surface area contributed by atoms with Crippen molar-refractivity contribution >= 4 is 11.6 Å². The maximum absolute atomic E-state index is 12.5. The minimum Gasteiger partial charge on any atom is -0.338 e. The van der Waals surface area contributed by atoms with E-state index in [-0.39, 0.29) is 11.3 Å². The normalized spacial score (nSPS) is 17.9. The van der Waals surface area contributed by atoms with Crippen LogP contribution in [0.5, 0.6) is 0 Å². The summed E-state index contributed by atoms with van der Waals surface area (Å²) in [5, 5.41) is 0. The average Bonchev–Trinajstić information content (AvgIpc) is 2.68. The van der Waals surface area contributed by atoms with Crippen LogP contribution in [0.15, 0.2) is 18.2 Å². The number of anilines is 1. The van der Waals surface area contributed by atoms with Crippen LogP contribution in [0, 0.1) is 12.3 Å². The van der Waals surface area contributed by atoms with Crippen LogP contribution in [0.25, 0.3) is 0 Å². The van der Waals surface area contributed by atoms with Gasteiger partial charge in [0, 0.05) is 13.1 Å². The number of nitrogens with zero attached hydrogens (tertiary/aromatic N) is 1. The third-order valence-corrected chi connectivity index (χ3v) is 3.53. The first kappa shape index (κ1) is 12.9. The number of hydrazine groups is 1. The van der Waals surface area contributed by atoms with Crippen molar-refractivity contribution in [2.45, 2.75) is 27.2 Å². The van der Waals surface area contributed by atoms with Crippen LogP contribution in [0.1, 0.15) is 36.2 Å². The van der Waals surface area contributed by atoms with Crippen LogP contribution < -0.4 is 11.3 Å². The molecule has 0 unspecified atom stereocenters. The van der Waals surface area contributed by atoms with Gasteiger partial charge in [-0.15, -0.1) is 0 Å². The highest BCUT2D eigenvalue weighted by Crippen LogP contribution is 2.30. The fourth-order valence-corrected chi connectivity index (χ4v) is 2.42. The number of hydrogen-bond donors (Lipinski definition) is 2. The summed E-state index contributed by atoms with van der Waals surface area (Å²) in [6, 6.07) is 5.68. The van der Waals surface area contributed by atoms with Gasteiger partial charge >= 0.3 is 0 Å². The van der Waals surface area contributed by atoms with E-state index in [1.54, 1.807) is 0 Å². The number of nitrogens with one attached hydrogen (secondary N) is 1. The number of carbonyl (C=O) groups is 1. The number of rotatable bonds is 2. The largest absolute Gasteiger partial charge is 0.338 e. The molecule has 0 atom stereocenters. The molecule has 1 aromatic carbocycles. The van der Waals surface area contributed by atoms with E-state index in [4.69, 9.17) is 5.84 Å². The van der Waals surface area contributed by atoms with Gasteiger partial charge in [0.2, 0.25) is 0 Å². The Balaban J connectivity index is 2.24. The molecule has 1 aliphatic rings. The number of nitrogens with two attached hydrogens (primary N) is 1. The molecule has 18 heavy (non-hydrogen) atoms. The molecule has 0 bridgehead atoms. The first-order valence-corrected chi connectivity index (χ1v) is 6.29. The molecule has 0 saturated carbocycles. The number of likely N-dealkylation sites (tertiary alicyclic amines) is 1. The van der Waals surface area contributed by atoms with E-state index in [2.05, 4.69) is 19.3 Å². The van der Waals surface area contributed by atoms with Crippen LogP contribution in [-0.2, 0) is 0 Å². The third-order valence-electron chi connectivity index (χ3n) is 3.53. The van der Waals surface area contributed by atoms with E-state index in [1.807, 2.05) is 30.0 Å². The van der Waals surface area contributed by atoms with E-state index < -0.39 is 0 Å². The van der Waals surface area contributed by atoms with Crippen molar-refractivity contribution in [1.82, 2.24) is 4.90 Å². The molecule has 3 N–H and O–H groups in total. The molecule has 1 aromatic rings. The first-order valence-electron chi connectivity index (χ1n) is 6.29. The second kappa shape index (κ2) is 4.61. The SMILES string of the molecule is Cc1ccc(C(=O)N2CCC(C)(C)C2)c(NN)c1. The van der Waals surface area contributed by atoms with E-state index >= 15 is 0 Å². The van der Waals surface area contributed by atoms with Gasteiger partial charge < -0.3 is 10.3 Å². The Hall–Kier alpha value is -1.55. The molecule has 0 aliphatic carbocycles. The van der Waals surface area contributed by atoms with Gasteiger partial charge in [0.1, 0.15) is 0 Å². The van der Waals surface area contributed by atoms with Gasteiger partial charge in [0.15, 0.2) is 0 Å². The lowest BCUT2D eigenvalue weighted by Crippen LogP contribution is -2.31. The van der Waals surface area contributed by atoms with Gasteiger partial charge in [-0.2, -0.15) is 0 Å². The minimum absolute atomic E-state index is 0.0634. The predicted octanol–water partition coefficient (Wildman–Crippen LogP) is 2.15. The number of carbonyl (C=O) groups excluding carboxylic acids is 1. The number of amides is 1. The predicted molar refractivity (Wildman–Crippen MR) is 73.3 cm³/mol. The van der Waals surface area contributed by atoms with Crippen LogP contribution in [0.3, 0.4) is 0 Å². The molecule has 4 nitrogen and oxygen atoms in total. The van der Waals surface area contributed by atoms with Gasteiger partial charge in [-0.3, -0.25) is 10.6 Å². The van der Waals surface area contributed by atoms with Gasteiger partial charge in [-0.25, -0.2) is 0 Å². The minimum atomic E-state index is 0.0634. The highest BCUT2D eigenvalue weighted by Gasteiger charge is 2.33. The molecular weight excluding hydrogens is 226 g/mol. The lowest BCUT2D eigenvalue weighted by atomic mass is 9.93. The molecule has 1 aliphatic heterocycles. The fraction of sp³-hybridized carbons (Fsp3) is 0.500. The van der Waals surface area contributed by atoms with Crippen molar-refractivity contribution in [2.24, 2.45) is 11.3 Å². The molecule has 2 rings (SSSR count). The van der Waals surface area contributed by atoms with E-state index in [9.17, 15) is 4.79 Å². The second-order valence-electron chi connectivity index (χ2n) is 5.83. The first-order chi connectivity index (χ1) is 8.43. The van der Waals surface area contributed by atoms with Gasteiger partial charge in [-0.05, 0) is 36.5 Å². The van der Waals surface area contributed by atoms with E-state index in [1.165, 1.54) is 0 Å². The van der Waals surface area contributed by atoms with Crippen LogP contribution >= 0.6 is 0 Å². The average molecular weight is 247 g/mol. The summed E-state index contributed by atoms with van der Waals surface area (Å²) in [6.45, 7) is 8.00. The lowest BCUT2D eigenvalue weighted by Gasteiger charge is -2.21. The van der Waals surface area contributed by atoms with E-state index in [0.717, 1.165) is 25.1 Å². The lowest BCUT2D eigenvalue weighted by molar-refractivity contribution is 0.0779. The number of nitrogen functional groups attached to an aromatic ring is 1. The second-order valence-corrected chi connectivity index (χ2v) is 5.83. The molecule has 4 heteroatoms. The van der Waals surface area contributed by atoms with Crippen molar-refractivity contribution in [3.05, 3.63) is 29.3 Å². The molecule has 0 spiro atoms. The molecular formula is C14H21N3O. The summed E-state index contributed by atoms with van der Waals surface area (Å²) in [5.74, 6) is 5.55. The highest BCUT2D eigenvalue weighted by molar-refractivity contribution is 5.99. The zero-order valence-corrected chi connectivity index (χ0v) is 11.3. The monoisotopic (exact) mass is 247 g/mol. The van der Waals surface area contributed by atoms with Crippen LogP contribution in [0.4, 0.5) is 5.69 Å². The summed E-state index contributed by atoms with van der Waals surface area (Å²) in [7, 11) is 0. The van der Waals surface area contributed by atoms with Crippen molar-refractivity contribution < 1.29 is 4.79 Å². The highest BCUT2D eigenvalue weighted by atomic mass is 16.2. The van der Waals surface area contributed by atoms with Crippen LogP contribution in [0.2, 0.25) is 0 Å². The summed E-state index contributed by atoms with van der Waals surface area (Å²) in [4.78, 5) is 14.4. The molecule has 1 amide bonds. The Kier molecular flexibility index (Phi) is 3.30. The Labute approximate surface area is 108 Å². The number of benzene rings is 1. The van der Waals surface area contributed by atoms with Crippen molar-refractivity contribution in [3.8, 4) is 0 Å². The zero-order chi connectivity index (χ0) is 13.3. The molecule has 1 saturated heterocycles. The Morgan fingerprint density at radius 1 is 1.44 bits per heavy atom. The standard InChI is InChI=1S/C14H21N3O/c1-10-4-5-11(12(8-10)16-15)13(18)17-7-6-14(2,3)9-17/h4-5,8,16H,6-7,9,15H2,1-3H3. The Morgan fingerprint density at radius 2 is 2.17 bits per heavy atom. The number of aryl methyl sites for hydroxylation is 1. The quantitative estimate of drug-likeness (QED) is 0.622. The Bertz CT molecular complexity index is 468. The van der Waals surface area contributed by atoms with Crippen molar-refractivity contribution in [3.63, 3.8) is 0 Å². The molecule has 0 radical (unpaired) electrons. The van der Waals surface area contributed by atoms with Gasteiger partial charge in [-0.1, -0.05) is 19.9 Å². The molecule has 0 aromatic heterocycles. The van der Waals surface area contributed by atoms with Crippen molar-refractivity contribution in [2.75, 3.05) is 18.5 Å². The molecule has 1 heterocycles. The summed E-state index contributed by atoms with van der Waals surface area (Å²) < 4.78 is 0. The zero-order valence-electron chi connectivity index (χ0n) is 11.3. The van der Waals surface area contributed by atoms with Gasteiger partial charge in [0.25, 0.3) is 5.91 Å². The topological polar surface area (TPSA) is 58.4 Å². The Morgan fingerprint density at radius 3 is 2.72 bits per heavy atom. The van der Waals surface area contributed by atoms with Gasteiger partial charge in [0.05, 0.1) is 11.3 Å². The number of hydrogen-bond acceptors (Lipinski definition) is 3. The molecule has 98 valence electrons. The smallest absolute Gasteiger partial charge is 0.256 e. The van der Waals surface area contributed by atoms with E-state index in [0.29, 0.717) is 11.3 Å². The third kappa shape index (κ3) is 2.48. The summed E-state index contributed by atoms with van der Waals surface area (Å²) in [6.07, 6.45) is 1.05. The summed E-state index contributed by atoms with van der Waals surface area (Å²) >= 11 is 0. The van der Waals surface area contributed by atoms with Crippen LogP contribution in [-0.4, -0.2) is 23.9 Å². The molecule has 1 fully saturated rings. The fourth-order valence-electron chi connectivity index (χ4n) is 2.42.